The van der Waals surface area contributed by atoms with Crippen molar-refractivity contribution in [2.24, 2.45) is 0 Å². The van der Waals surface area contributed by atoms with Gasteiger partial charge in [0, 0.05) is 22.7 Å². The van der Waals surface area contributed by atoms with E-state index in [2.05, 4.69) is 9.97 Å². The summed E-state index contributed by atoms with van der Waals surface area (Å²) >= 11 is 0. The fraction of sp³-hybridized carbons (Fsp3) is 0. The van der Waals surface area contributed by atoms with Crippen LogP contribution in [0.5, 0.6) is 0 Å². The van der Waals surface area contributed by atoms with E-state index in [0.717, 1.165) is 28.4 Å². The first-order chi connectivity index (χ1) is 8.40. The average Bonchev–Trinajstić information content (AvgIpc) is 2.78. The van der Waals surface area contributed by atoms with E-state index in [9.17, 15) is 4.79 Å². The SMILES string of the molecule is O=Cc1[nH]c2ccccc2c1-c1ccccn1. The highest BCUT2D eigenvalue weighted by Crippen LogP contribution is 2.29. The van der Waals surface area contributed by atoms with Crippen LogP contribution in [-0.4, -0.2) is 16.3 Å². The monoisotopic (exact) mass is 222 g/mol. The molecule has 0 saturated carbocycles. The molecule has 0 unspecified atom stereocenters. The minimum atomic E-state index is 0.574. The van der Waals surface area contributed by atoms with Crippen LogP contribution in [0.2, 0.25) is 0 Å². The summed E-state index contributed by atoms with van der Waals surface area (Å²) in [6.07, 6.45) is 2.57. The number of hydrogen-bond acceptors (Lipinski definition) is 2. The van der Waals surface area contributed by atoms with Gasteiger partial charge in [0.15, 0.2) is 6.29 Å². The van der Waals surface area contributed by atoms with E-state index in [-0.39, 0.29) is 0 Å². The molecule has 0 aliphatic rings. The molecule has 3 aromatic rings. The maximum atomic E-state index is 11.1. The average molecular weight is 222 g/mol. The normalized spacial score (nSPS) is 10.6. The Labute approximate surface area is 98.1 Å². The number of aromatic amines is 1. The summed E-state index contributed by atoms with van der Waals surface area (Å²) < 4.78 is 0. The number of rotatable bonds is 2. The number of H-pyrrole nitrogens is 1. The molecule has 0 bridgehead atoms. The Kier molecular flexibility index (Phi) is 2.22. The molecule has 3 nitrogen and oxygen atoms in total. The van der Waals surface area contributed by atoms with Crippen LogP contribution in [0.1, 0.15) is 10.5 Å². The van der Waals surface area contributed by atoms with Gasteiger partial charge in [0.2, 0.25) is 0 Å². The molecular formula is C14H10N2O. The van der Waals surface area contributed by atoms with E-state index in [4.69, 9.17) is 0 Å². The fourth-order valence-electron chi connectivity index (χ4n) is 2.04. The summed E-state index contributed by atoms with van der Waals surface area (Å²) in [5.41, 5.74) is 3.21. The zero-order valence-corrected chi connectivity index (χ0v) is 9.05. The standard InChI is InChI=1S/C14H10N2O/c17-9-13-14(12-7-3-4-8-15-12)10-5-1-2-6-11(10)16-13/h1-9,16H. The van der Waals surface area contributed by atoms with Crippen molar-refractivity contribution in [2.45, 2.75) is 0 Å². The number of carbonyl (C=O) groups excluding carboxylic acids is 1. The first-order valence-electron chi connectivity index (χ1n) is 5.37. The summed E-state index contributed by atoms with van der Waals surface area (Å²) in [6.45, 7) is 0. The van der Waals surface area contributed by atoms with Gasteiger partial charge < -0.3 is 4.98 Å². The summed E-state index contributed by atoms with van der Waals surface area (Å²) in [4.78, 5) is 18.5. The predicted octanol–water partition coefficient (Wildman–Crippen LogP) is 3.04. The number of aldehydes is 1. The van der Waals surface area contributed by atoms with Gasteiger partial charge in [-0.05, 0) is 18.2 Å². The van der Waals surface area contributed by atoms with Crippen LogP contribution in [0.3, 0.4) is 0 Å². The van der Waals surface area contributed by atoms with E-state index in [0.29, 0.717) is 5.69 Å². The van der Waals surface area contributed by atoms with Gasteiger partial charge in [-0.25, -0.2) is 0 Å². The summed E-state index contributed by atoms with van der Waals surface area (Å²) in [5, 5.41) is 1.02. The van der Waals surface area contributed by atoms with E-state index in [1.807, 2.05) is 42.5 Å². The molecule has 2 aromatic heterocycles. The molecule has 0 saturated heterocycles. The van der Waals surface area contributed by atoms with Gasteiger partial charge in [0.1, 0.15) is 0 Å². The van der Waals surface area contributed by atoms with Gasteiger partial charge in [-0.3, -0.25) is 9.78 Å². The van der Waals surface area contributed by atoms with Crippen molar-refractivity contribution in [3.8, 4) is 11.3 Å². The van der Waals surface area contributed by atoms with Crippen molar-refractivity contribution >= 4 is 17.2 Å². The molecule has 0 fully saturated rings. The van der Waals surface area contributed by atoms with E-state index < -0.39 is 0 Å². The van der Waals surface area contributed by atoms with E-state index >= 15 is 0 Å². The number of nitrogens with one attached hydrogen (secondary N) is 1. The molecule has 0 aliphatic carbocycles. The zero-order valence-electron chi connectivity index (χ0n) is 9.05. The topological polar surface area (TPSA) is 45.8 Å². The maximum absolute atomic E-state index is 11.1. The molecule has 1 aromatic carbocycles. The van der Waals surface area contributed by atoms with Crippen molar-refractivity contribution < 1.29 is 4.79 Å². The van der Waals surface area contributed by atoms with Crippen molar-refractivity contribution in [3.63, 3.8) is 0 Å². The van der Waals surface area contributed by atoms with Gasteiger partial charge in [0.25, 0.3) is 0 Å². The molecule has 0 atom stereocenters. The lowest BCUT2D eigenvalue weighted by atomic mass is 10.1. The van der Waals surface area contributed by atoms with Gasteiger partial charge >= 0.3 is 0 Å². The molecule has 3 rings (SSSR count). The van der Waals surface area contributed by atoms with Crippen LogP contribution in [0, 0.1) is 0 Å². The lowest BCUT2D eigenvalue weighted by Gasteiger charge is -1.99. The van der Waals surface area contributed by atoms with Crippen molar-refractivity contribution in [1.29, 1.82) is 0 Å². The highest BCUT2D eigenvalue weighted by Gasteiger charge is 2.12. The second-order valence-electron chi connectivity index (χ2n) is 3.79. The largest absolute Gasteiger partial charge is 0.352 e. The Bertz CT molecular complexity index is 671. The smallest absolute Gasteiger partial charge is 0.166 e. The molecule has 2 heterocycles. The lowest BCUT2D eigenvalue weighted by molar-refractivity contribution is 0.112. The molecular weight excluding hydrogens is 212 g/mol. The number of carbonyl (C=O) groups is 1. The Hall–Kier alpha value is -2.42. The number of pyridine rings is 1. The first-order valence-corrected chi connectivity index (χ1v) is 5.37. The van der Waals surface area contributed by atoms with Gasteiger partial charge in [0.05, 0.1) is 11.4 Å². The van der Waals surface area contributed by atoms with Crippen LogP contribution in [0.15, 0.2) is 48.7 Å². The molecule has 0 spiro atoms. The molecule has 0 amide bonds. The summed E-state index contributed by atoms with van der Waals surface area (Å²) in [7, 11) is 0. The first kappa shape index (κ1) is 9.78. The summed E-state index contributed by atoms with van der Waals surface area (Å²) in [5.74, 6) is 0. The van der Waals surface area contributed by atoms with Crippen molar-refractivity contribution in [1.82, 2.24) is 9.97 Å². The number of benzene rings is 1. The summed E-state index contributed by atoms with van der Waals surface area (Å²) in [6, 6.07) is 13.5. The molecule has 17 heavy (non-hydrogen) atoms. The number of hydrogen-bond donors (Lipinski definition) is 1. The van der Waals surface area contributed by atoms with Crippen LogP contribution < -0.4 is 0 Å². The number of nitrogens with zero attached hydrogens (tertiary/aromatic N) is 1. The van der Waals surface area contributed by atoms with Crippen LogP contribution in [-0.2, 0) is 0 Å². The Morgan fingerprint density at radius 2 is 1.88 bits per heavy atom. The third kappa shape index (κ3) is 1.52. The van der Waals surface area contributed by atoms with E-state index in [1.54, 1.807) is 6.20 Å². The second-order valence-corrected chi connectivity index (χ2v) is 3.79. The number of fused-ring (bicyclic) bond motifs is 1. The van der Waals surface area contributed by atoms with Crippen LogP contribution in [0.25, 0.3) is 22.2 Å². The second kappa shape index (κ2) is 3.87. The molecule has 3 heteroatoms. The molecule has 82 valence electrons. The zero-order chi connectivity index (χ0) is 11.7. The Morgan fingerprint density at radius 1 is 1.06 bits per heavy atom. The number of para-hydroxylation sites is 1. The Balaban J connectivity index is 2.38. The molecule has 0 aliphatic heterocycles. The number of aromatic nitrogens is 2. The van der Waals surface area contributed by atoms with Gasteiger partial charge in [-0.15, -0.1) is 0 Å². The molecule has 0 radical (unpaired) electrons. The van der Waals surface area contributed by atoms with Crippen LogP contribution in [0.4, 0.5) is 0 Å². The highest BCUT2D eigenvalue weighted by atomic mass is 16.1. The van der Waals surface area contributed by atoms with Gasteiger partial charge in [-0.2, -0.15) is 0 Å². The Morgan fingerprint density at radius 3 is 2.65 bits per heavy atom. The highest BCUT2D eigenvalue weighted by molar-refractivity contribution is 6.03. The minimum absolute atomic E-state index is 0.574. The molecule has 1 N–H and O–H groups in total. The quantitative estimate of drug-likeness (QED) is 0.677. The van der Waals surface area contributed by atoms with Crippen molar-refractivity contribution in [2.75, 3.05) is 0 Å². The fourth-order valence-corrected chi connectivity index (χ4v) is 2.04. The minimum Gasteiger partial charge on any atom is -0.352 e. The predicted molar refractivity (Wildman–Crippen MR) is 66.9 cm³/mol. The van der Waals surface area contributed by atoms with Crippen molar-refractivity contribution in [3.05, 3.63) is 54.4 Å². The lowest BCUT2D eigenvalue weighted by Crippen LogP contribution is -1.86. The van der Waals surface area contributed by atoms with Gasteiger partial charge in [-0.1, -0.05) is 24.3 Å². The van der Waals surface area contributed by atoms with Crippen LogP contribution >= 0.6 is 0 Å². The maximum Gasteiger partial charge on any atom is 0.166 e. The van der Waals surface area contributed by atoms with E-state index in [1.165, 1.54) is 0 Å². The third-order valence-corrected chi connectivity index (χ3v) is 2.77. The third-order valence-electron chi connectivity index (χ3n) is 2.77.